The molecule has 0 aliphatic heterocycles. The number of esters is 2. The summed E-state index contributed by atoms with van der Waals surface area (Å²) in [6, 6.07) is 0. The second kappa shape index (κ2) is 7.39. The van der Waals surface area contributed by atoms with Gasteiger partial charge in [-0.1, -0.05) is 13.2 Å². The predicted octanol–water partition coefficient (Wildman–Crippen LogP) is 0.650. The molecule has 0 aromatic rings. The van der Waals surface area contributed by atoms with Crippen molar-refractivity contribution >= 4 is 17.7 Å². The minimum atomic E-state index is -0.659. The molecule has 0 radical (unpaired) electrons. The third-order valence-corrected chi connectivity index (χ3v) is 1.76. The number of rotatable bonds is 7. The lowest BCUT2D eigenvalue weighted by molar-refractivity contribution is -0.145. The fourth-order valence-electron chi connectivity index (χ4n) is 0.766. The highest BCUT2D eigenvalue weighted by Gasteiger charge is 2.17. The Labute approximate surface area is 93.7 Å². The van der Waals surface area contributed by atoms with Crippen molar-refractivity contribution in [2.24, 2.45) is 5.92 Å². The van der Waals surface area contributed by atoms with Gasteiger partial charge in [0.1, 0.15) is 19.0 Å². The average Bonchev–Trinajstić information content (AvgIpc) is 2.27. The van der Waals surface area contributed by atoms with Crippen LogP contribution in [0, 0.1) is 5.92 Å². The van der Waals surface area contributed by atoms with Crippen molar-refractivity contribution in [3.05, 3.63) is 25.3 Å². The highest BCUT2D eigenvalue weighted by molar-refractivity contribution is 5.83. The maximum absolute atomic E-state index is 11.1. The van der Waals surface area contributed by atoms with E-state index in [0.29, 0.717) is 0 Å². The van der Waals surface area contributed by atoms with E-state index >= 15 is 0 Å². The van der Waals surface area contributed by atoms with Gasteiger partial charge in [-0.05, 0) is 6.92 Å². The fraction of sp³-hybridized carbons (Fsp3) is 0.364. The summed E-state index contributed by atoms with van der Waals surface area (Å²) in [6.45, 7) is 7.48. The number of carbonyl (C=O) groups excluding carboxylic acids is 3. The van der Waals surface area contributed by atoms with Crippen molar-refractivity contribution in [3.8, 4) is 0 Å². The van der Waals surface area contributed by atoms with Gasteiger partial charge in [-0.2, -0.15) is 0 Å². The van der Waals surface area contributed by atoms with Gasteiger partial charge in [0, 0.05) is 12.2 Å². The zero-order valence-corrected chi connectivity index (χ0v) is 9.10. The van der Waals surface area contributed by atoms with Crippen LogP contribution >= 0.6 is 0 Å². The molecule has 5 heteroatoms. The SMILES string of the molecule is C=CC(=O)OCC(COC(=O)C=C)C(C)=O. The van der Waals surface area contributed by atoms with Gasteiger partial charge in [0.2, 0.25) is 0 Å². The normalized spacial score (nSPS) is 9.38. The Kier molecular flexibility index (Phi) is 6.51. The number of hydrogen-bond acceptors (Lipinski definition) is 5. The molecule has 0 aliphatic carbocycles. The Morgan fingerprint density at radius 3 is 1.69 bits per heavy atom. The minimum absolute atomic E-state index is 0.134. The Morgan fingerprint density at radius 2 is 1.44 bits per heavy atom. The van der Waals surface area contributed by atoms with Gasteiger partial charge in [-0.3, -0.25) is 4.79 Å². The molecule has 0 fully saturated rings. The zero-order chi connectivity index (χ0) is 12.6. The van der Waals surface area contributed by atoms with Crippen molar-refractivity contribution in [1.29, 1.82) is 0 Å². The molecular weight excluding hydrogens is 212 g/mol. The molecule has 0 unspecified atom stereocenters. The molecule has 0 bridgehead atoms. The highest BCUT2D eigenvalue weighted by atomic mass is 16.5. The smallest absolute Gasteiger partial charge is 0.330 e. The van der Waals surface area contributed by atoms with Crippen LogP contribution in [0.3, 0.4) is 0 Å². The Hall–Kier alpha value is -1.91. The van der Waals surface area contributed by atoms with E-state index in [1.54, 1.807) is 0 Å². The monoisotopic (exact) mass is 226 g/mol. The van der Waals surface area contributed by atoms with Crippen LogP contribution in [0.25, 0.3) is 0 Å². The molecule has 0 aromatic heterocycles. The van der Waals surface area contributed by atoms with Gasteiger partial charge in [0.05, 0.1) is 5.92 Å². The molecule has 0 N–H and O–H groups in total. The predicted molar refractivity (Wildman–Crippen MR) is 56.5 cm³/mol. The van der Waals surface area contributed by atoms with Crippen LogP contribution in [0.15, 0.2) is 25.3 Å². The Morgan fingerprint density at radius 1 is 1.06 bits per heavy atom. The summed E-state index contributed by atoms with van der Waals surface area (Å²) < 4.78 is 9.37. The van der Waals surface area contributed by atoms with E-state index in [1.165, 1.54) is 6.92 Å². The lowest BCUT2D eigenvalue weighted by Crippen LogP contribution is -2.25. The minimum Gasteiger partial charge on any atom is -0.462 e. The summed E-state index contributed by atoms with van der Waals surface area (Å²) >= 11 is 0. The van der Waals surface area contributed by atoms with Crippen LogP contribution < -0.4 is 0 Å². The van der Waals surface area contributed by atoms with Crippen LogP contribution in [0.1, 0.15) is 6.92 Å². The number of ether oxygens (including phenoxy) is 2. The summed E-state index contributed by atoms with van der Waals surface area (Å²) in [5, 5.41) is 0. The second-order valence-electron chi connectivity index (χ2n) is 2.98. The van der Waals surface area contributed by atoms with Gasteiger partial charge < -0.3 is 9.47 Å². The molecule has 0 amide bonds. The molecule has 0 spiro atoms. The molecule has 16 heavy (non-hydrogen) atoms. The molecule has 5 nitrogen and oxygen atoms in total. The first kappa shape index (κ1) is 14.1. The number of ketones is 1. The molecule has 0 aromatic carbocycles. The first-order chi connectivity index (χ1) is 7.51. The summed E-state index contributed by atoms with van der Waals surface area (Å²) in [7, 11) is 0. The molecule has 0 saturated carbocycles. The van der Waals surface area contributed by atoms with Crippen molar-refractivity contribution in [2.75, 3.05) is 13.2 Å². The van der Waals surface area contributed by atoms with Crippen molar-refractivity contribution in [1.82, 2.24) is 0 Å². The van der Waals surface area contributed by atoms with E-state index in [2.05, 4.69) is 22.6 Å². The standard InChI is InChI=1S/C11H14O5/c1-4-10(13)15-6-9(8(3)12)7-16-11(14)5-2/h4-5,9H,1-2,6-7H2,3H3. The largest absolute Gasteiger partial charge is 0.462 e. The van der Waals surface area contributed by atoms with Gasteiger partial charge in [0.15, 0.2) is 0 Å². The van der Waals surface area contributed by atoms with E-state index in [4.69, 9.17) is 0 Å². The van der Waals surface area contributed by atoms with E-state index < -0.39 is 17.9 Å². The lowest BCUT2D eigenvalue weighted by Gasteiger charge is -2.12. The molecule has 0 aliphatic rings. The first-order valence-electron chi connectivity index (χ1n) is 4.60. The first-order valence-corrected chi connectivity index (χ1v) is 4.60. The van der Waals surface area contributed by atoms with Gasteiger partial charge >= 0.3 is 11.9 Å². The summed E-state index contributed by atoms with van der Waals surface area (Å²) in [5.74, 6) is -2.14. The maximum atomic E-state index is 11.1. The number of Topliss-reactive ketones (excluding diaryl/α,β-unsaturated/α-hetero) is 1. The van der Waals surface area contributed by atoms with E-state index in [1.807, 2.05) is 0 Å². The van der Waals surface area contributed by atoms with Crippen LogP contribution in [0.4, 0.5) is 0 Å². The average molecular weight is 226 g/mol. The lowest BCUT2D eigenvalue weighted by atomic mass is 10.1. The summed E-state index contributed by atoms with van der Waals surface area (Å²) in [6.07, 6.45) is 1.99. The molecular formula is C11H14O5. The maximum Gasteiger partial charge on any atom is 0.330 e. The van der Waals surface area contributed by atoms with Crippen LogP contribution in [0.2, 0.25) is 0 Å². The topological polar surface area (TPSA) is 69.7 Å². The highest BCUT2D eigenvalue weighted by Crippen LogP contribution is 2.02. The molecule has 0 saturated heterocycles. The van der Waals surface area contributed by atoms with Crippen LogP contribution in [-0.2, 0) is 23.9 Å². The quantitative estimate of drug-likeness (QED) is 0.471. The van der Waals surface area contributed by atoms with Gasteiger partial charge in [-0.15, -0.1) is 0 Å². The van der Waals surface area contributed by atoms with Gasteiger partial charge in [0.25, 0.3) is 0 Å². The third-order valence-electron chi connectivity index (χ3n) is 1.76. The summed E-state index contributed by atoms with van der Waals surface area (Å²) in [5.41, 5.74) is 0. The molecule has 0 heterocycles. The van der Waals surface area contributed by atoms with E-state index in [0.717, 1.165) is 12.2 Å². The summed E-state index contributed by atoms with van der Waals surface area (Å²) in [4.78, 5) is 32.6. The van der Waals surface area contributed by atoms with Crippen LogP contribution in [-0.4, -0.2) is 30.9 Å². The molecule has 88 valence electrons. The molecule has 0 rings (SSSR count). The van der Waals surface area contributed by atoms with E-state index in [-0.39, 0.29) is 19.0 Å². The number of carbonyl (C=O) groups is 3. The van der Waals surface area contributed by atoms with Crippen molar-refractivity contribution in [3.63, 3.8) is 0 Å². The third kappa shape index (κ3) is 5.74. The van der Waals surface area contributed by atoms with Crippen LogP contribution in [0.5, 0.6) is 0 Å². The zero-order valence-electron chi connectivity index (χ0n) is 9.10. The Balaban J connectivity index is 4.12. The Bertz CT molecular complexity index is 281. The number of hydrogen-bond donors (Lipinski definition) is 0. The van der Waals surface area contributed by atoms with Gasteiger partial charge in [-0.25, -0.2) is 9.59 Å². The van der Waals surface area contributed by atoms with E-state index in [9.17, 15) is 14.4 Å². The second-order valence-corrected chi connectivity index (χ2v) is 2.98. The van der Waals surface area contributed by atoms with Crippen molar-refractivity contribution < 1.29 is 23.9 Å². The molecule has 0 atom stereocenters. The van der Waals surface area contributed by atoms with Crippen molar-refractivity contribution in [2.45, 2.75) is 6.92 Å². The fourth-order valence-corrected chi connectivity index (χ4v) is 0.766.